The summed E-state index contributed by atoms with van der Waals surface area (Å²) in [5.41, 5.74) is 6.91. The molecule has 0 spiro atoms. The lowest BCUT2D eigenvalue weighted by atomic mass is 9.85. The molecular formula is C16H24FN3. The third-order valence-electron chi connectivity index (χ3n) is 4.19. The average Bonchev–Trinajstić information content (AvgIpc) is 2.53. The van der Waals surface area contributed by atoms with Gasteiger partial charge in [0.25, 0.3) is 0 Å². The molecule has 0 saturated carbocycles. The molecule has 1 aromatic rings. The van der Waals surface area contributed by atoms with E-state index in [-0.39, 0.29) is 11.7 Å². The average molecular weight is 277 g/mol. The van der Waals surface area contributed by atoms with Crippen LogP contribution in [0.1, 0.15) is 44.2 Å². The van der Waals surface area contributed by atoms with E-state index in [9.17, 15) is 4.39 Å². The van der Waals surface area contributed by atoms with E-state index in [4.69, 9.17) is 11.1 Å². The quantitative estimate of drug-likeness (QED) is 0.659. The molecule has 1 saturated heterocycles. The van der Waals surface area contributed by atoms with E-state index in [1.165, 1.54) is 18.9 Å². The zero-order chi connectivity index (χ0) is 14.8. The number of hydrogen-bond donors (Lipinski definition) is 2. The zero-order valence-electron chi connectivity index (χ0n) is 12.4. The first kappa shape index (κ1) is 15.0. The highest BCUT2D eigenvalue weighted by atomic mass is 19.1. The maximum absolute atomic E-state index is 14.0. The first-order chi connectivity index (χ1) is 9.37. The summed E-state index contributed by atoms with van der Waals surface area (Å²) in [6.45, 7) is 7.29. The van der Waals surface area contributed by atoms with E-state index in [1.54, 1.807) is 12.1 Å². The van der Waals surface area contributed by atoms with Crippen molar-refractivity contribution in [3.05, 3.63) is 35.1 Å². The topological polar surface area (TPSA) is 53.1 Å². The van der Waals surface area contributed by atoms with Gasteiger partial charge in [-0.2, -0.15) is 0 Å². The maximum atomic E-state index is 14.0. The minimum absolute atomic E-state index is 0.0908. The molecule has 3 N–H and O–H groups in total. The fourth-order valence-electron chi connectivity index (χ4n) is 2.72. The molecule has 3 nitrogen and oxygen atoms in total. The minimum Gasteiger partial charge on any atom is -0.384 e. The van der Waals surface area contributed by atoms with Gasteiger partial charge in [-0.05, 0) is 43.8 Å². The van der Waals surface area contributed by atoms with Gasteiger partial charge < -0.3 is 5.73 Å². The van der Waals surface area contributed by atoms with Gasteiger partial charge in [-0.25, -0.2) is 4.39 Å². The number of benzene rings is 1. The first-order valence-corrected chi connectivity index (χ1v) is 7.23. The van der Waals surface area contributed by atoms with Crippen LogP contribution in [0, 0.1) is 16.6 Å². The molecule has 0 aliphatic carbocycles. The van der Waals surface area contributed by atoms with Gasteiger partial charge in [0.2, 0.25) is 0 Å². The smallest absolute Gasteiger partial charge is 0.128 e. The minimum atomic E-state index is -0.263. The van der Waals surface area contributed by atoms with Gasteiger partial charge in [0.1, 0.15) is 11.7 Å². The van der Waals surface area contributed by atoms with Crippen LogP contribution in [0.2, 0.25) is 0 Å². The van der Waals surface area contributed by atoms with Crippen molar-refractivity contribution in [1.29, 1.82) is 5.41 Å². The Bertz CT molecular complexity index is 496. The Hall–Kier alpha value is -1.42. The van der Waals surface area contributed by atoms with Crippen molar-refractivity contribution < 1.29 is 4.39 Å². The molecule has 0 bridgehead atoms. The van der Waals surface area contributed by atoms with E-state index in [2.05, 4.69) is 18.7 Å². The van der Waals surface area contributed by atoms with Crippen LogP contribution in [-0.4, -0.2) is 23.8 Å². The number of amidine groups is 1. The van der Waals surface area contributed by atoms with Gasteiger partial charge in [0.05, 0.1) is 0 Å². The molecule has 1 aliphatic heterocycles. The number of nitrogen functional groups attached to an aromatic ring is 1. The Balaban J connectivity index is 2.05. The summed E-state index contributed by atoms with van der Waals surface area (Å²) in [4.78, 5) is 2.32. The third-order valence-corrected chi connectivity index (χ3v) is 4.19. The predicted octanol–water partition coefficient (Wildman–Crippen LogP) is 3.12. The van der Waals surface area contributed by atoms with E-state index in [1.807, 2.05) is 0 Å². The highest BCUT2D eigenvalue weighted by molar-refractivity contribution is 5.94. The lowest BCUT2D eigenvalue weighted by Gasteiger charge is -2.23. The molecule has 2 rings (SSSR count). The summed E-state index contributed by atoms with van der Waals surface area (Å²) >= 11 is 0. The Morgan fingerprint density at radius 2 is 2.10 bits per heavy atom. The van der Waals surface area contributed by atoms with Gasteiger partial charge in [-0.3, -0.25) is 10.3 Å². The van der Waals surface area contributed by atoms with E-state index in [0.717, 1.165) is 19.5 Å². The number of nitrogens with two attached hydrogens (primary N) is 1. The molecule has 1 aromatic carbocycles. The monoisotopic (exact) mass is 277 g/mol. The Labute approximate surface area is 120 Å². The van der Waals surface area contributed by atoms with Crippen LogP contribution in [0.5, 0.6) is 0 Å². The molecule has 0 aromatic heterocycles. The molecule has 0 unspecified atom stereocenters. The number of nitrogens with zero attached hydrogens (tertiary/aromatic N) is 1. The highest BCUT2D eigenvalue weighted by Gasteiger charge is 2.23. The normalized spacial score (nSPS) is 19.6. The second-order valence-corrected chi connectivity index (χ2v) is 6.51. The number of hydrogen-bond acceptors (Lipinski definition) is 2. The number of rotatable bonds is 3. The second kappa shape index (κ2) is 5.92. The Morgan fingerprint density at radius 3 is 2.75 bits per heavy atom. The van der Waals surface area contributed by atoms with Gasteiger partial charge >= 0.3 is 0 Å². The van der Waals surface area contributed by atoms with Crippen LogP contribution < -0.4 is 5.73 Å². The fourth-order valence-corrected chi connectivity index (χ4v) is 2.72. The number of likely N-dealkylation sites (tertiary alicyclic amines) is 1. The molecule has 4 heteroatoms. The Morgan fingerprint density at radius 1 is 1.35 bits per heavy atom. The number of nitrogens with one attached hydrogen (secondary N) is 1. The maximum Gasteiger partial charge on any atom is 0.128 e. The third kappa shape index (κ3) is 3.79. The summed E-state index contributed by atoms with van der Waals surface area (Å²) in [5.74, 6) is -0.354. The van der Waals surface area contributed by atoms with Crippen molar-refractivity contribution >= 4 is 5.84 Å². The molecule has 0 radical (unpaired) electrons. The van der Waals surface area contributed by atoms with E-state index >= 15 is 0 Å². The largest absolute Gasteiger partial charge is 0.384 e. The zero-order valence-corrected chi connectivity index (χ0v) is 12.4. The summed E-state index contributed by atoms with van der Waals surface area (Å²) in [7, 11) is 0. The summed E-state index contributed by atoms with van der Waals surface area (Å²) in [5, 5.41) is 7.33. The highest BCUT2D eigenvalue weighted by Crippen LogP contribution is 2.30. The lowest BCUT2D eigenvalue weighted by molar-refractivity contribution is 0.253. The van der Waals surface area contributed by atoms with Gasteiger partial charge in [-0.15, -0.1) is 0 Å². The van der Waals surface area contributed by atoms with Crippen LogP contribution >= 0.6 is 0 Å². The van der Waals surface area contributed by atoms with Crippen LogP contribution in [0.25, 0.3) is 0 Å². The van der Waals surface area contributed by atoms with Crippen molar-refractivity contribution in [3.63, 3.8) is 0 Å². The van der Waals surface area contributed by atoms with Gasteiger partial charge in [-0.1, -0.05) is 26.0 Å². The molecular weight excluding hydrogens is 253 g/mol. The number of halogens is 1. The van der Waals surface area contributed by atoms with Crippen molar-refractivity contribution in [2.45, 2.75) is 39.7 Å². The van der Waals surface area contributed by atoms with E-state index in [0.29, 0.717) is 23.1 Å². The van der Waals surface area contributed by atoms with Crippen LogP contribution in [0.15, 0.2) is 18.2 Å². The van der Waals surface area contributed by atoms with Gasteiger partial charge in [0.15, 0.2) is 0 Å². The van der Waals surface area contributed by atoms with Crippen molar-refractivity contribution in [3.8, 4) is 0 Å². The molecule has 0 amide bonds. The predicted molar refractivity (Wildman–Crippen MR) is 80.3 cm³/mol. The van der Waals surface area contributed by atoms with E-state index < -0.39 is 0 Å². The van der Waals surface area contributed by atoms with Crippen LogP contribution in [0.4, 0.5) is 4.39 Å². The molecule has 0 atom stereocenters. The van der Waals surface area contributed by atoms with Gasteiger partial charge in [0, 0.05) is 17.7 Å². The van der Waals surface area contributed by atoms with Crippen LogP contribution in [0.3, 0.4) is 0 Å². The lowest BCUT2D eigenvalue weighted by Crippen LogP contribution is -2.25. The molecule has 1 heterocycles. The van der Waals surface area contributed by atoms with Crippen molar-refractivity contribution in [1.82, 2.24) is 4.90 Å². The standard InChI is InChI=1S/C16H24FN3/c1-16(2)6-3-8-20(9-7-16)11-13-5-4-12(15(18)19)10-14(13)17/h4-5,10H,3,6-9,11H2,1-2H3,(H3,18,19). The second-order valence-electron chi connectivity index (χ2n) is 6.51. The van der Waals surface area contributed by atoms with Crippen molar-refractivity contribution in [2.24, 2.45) is 11.1 Å². The SMILES string of the molecule is CC1(C)CCCN(Cc2ccc(C(=N)N)cc2F)CC1. The molecule has 1 aliphatic rings. The Kier molecular flexibility index (Phi) is 4.43. The fraction of sp³-hybridized carbons (Fsp3) is 0.562. The molecule has 110 valence electrons. The van der Waals surface area contributed by atoms with Crippen LogP contribution in [-0.2, 0) is 6.54 Å². The summed E-state index contributed by atoms with van der Waals surface area (Å²) in [6.07, 6.45) is 3.55. The molecule has 20 heavy (non-hydrogen) atoms. The summed E-state index contributed by atoms with van der Waals surface area (Å²) in [6, 6.07) is 4.84. The van der Waals surface area contributed by atoms with Crippen molar-refractivity contribution in [2.75, 3.05) is 13.1 Å². The molecule has 1 fully saturated rings. The first-order valence-electron chi connectivity index (χ1n) is 7.23. The summed E-state index contributed by atoms with van der Waals surface area (Å²) < 4.78 is 14.0.